The van der Waals surface area contributed by atoms with Crippen molar-refractivity contribution >= 4 is 41.0 Å². The first-order chi connectivity index (χ1) is 16.9. The Morgan fingerprint density at radius 3 is 2.54 bits per heavy atom. The van der Waals surface area contributed by atoms with Gasteiger partial charge in [0.2, 0.25) is 0 Å². The average molecular weight is 496 g/mol. The van der Waals surface area contributed by atoms with E-state index in [1.165, 1.54) is 36.4 Å². The van der Waals surface area contributed by atoms with Gasteiger partial charge in [-0.05, 0) is 42.0 Å². The summed E-state index contributed by atoms with van der Waals surface area (Å²) in [6.07, 6.45) is 1.29. The normalized spacial score (nSPS) is 14.9. The quantitative estimate of drug-likeness (QED) is 0.460. The van der Waals surface area contributed by atoms with Crippen LogP contribution in [0.25, 0.3) is 0 Å². The van der Waals surface area contributed by atoms with Crippen LogP contribution in [0.3, 0.4) is 0 Å². The molecule has 180 valence electrons. The van der Waals surface area contributed by atoms with E-state index in [1.54, 1.807) is 42.5 Å². The van der Waals surface area contributed by atoms with E-state index in [1.807, 2.05) is 12.1 Å². The third kappa shape index (κ3) is 5.20. The highest BCUT2D eigenvalue weighted by Gasteiger charge is 2.35. The first kappa shape index (κ1) is 24.0. The highest BCUT2D eigenvalue weighted by molar-refractivity contribution is 6.30. The van der Waals surface area contributed by atoms with Crippen molar-refractivity contribution in [3.05, 3.63) is 88.8 Å². The van der Waals surface area contributed by atoms with E-state index in [2.05, 4.69) is 5.10 Å². The maximum atomic E-state index is 13.1. The van der Waals surface area contributed by atoms with Crippen molar-refractivity contribution in [1.82, 2.24) is 5.01 Å². The lowest BCUT2D eigenvalue weighted by Crippen LogP contribution is -2.32. The lowest BCUT2D eigenvalue weighted by Gasteiger charge is -2.20. The Kier molecular flexibility index (Phi) is 7.17. The van der Waals surface area contributed by atoms with Crippen LogP contribution in [0.1, 0.15) is 34.1 Å². The summed E-state index contributed by atoms with van der Waals surface area (Å²) in [7, 11) is 2.71. The van der Waals surface area contributed by atoms with Gasteiger partial charge in [-0.1, -0.05) is 35.9 Å². The van der Waals surface area contributed by atoms with Crippen molar-refractivity contribution in [2.75, 3.05) is 25.7 Å². The lowest BCUT2D eigenvalue weighted by atomic mass is 10.0. The monoisotopic (exact) mass is 495 g/mol. The number of hydrogen-bond acceptors (Lipinski definition) is 7. The van der Waals surface area contributed by atoms with Crippen molar-refractivity contribution < 1.29 is 28.3 Å². The van der Waals surface area contributed by atoms with Gasteiger partial charge in [0.05, 0.1) is 30.3 Å². The molecule has 0 saturated carbocycles. The Balaban J connectivity index is 1.51. The van der Waals surface area contributed by atoms with Crippen LogP contribution >= 0.6 is 11.6 Å². The Labute approximate surface area is 206 Å². The number of para-hydroxylation sites is 1. The fraction of sp³-hybridized carbons (Fsp3) is 0.200. The molecule has 35 heavy (non-hydrogen) atoms. The SMILES string of the molecule is COC(=O)N(C)c1ccccc1C(=O)OCC(=O)N1N=C(c2ccc(Cl)cc2)CC1c1ccco1. The van der Waals surface area contributed by atoms with Gasteiger partial charge in [0, 0.05) is 18.5 Å². The number of ether oxygens (including phenoxy) is 2. The molecule has 1 aliphatic heterocycles. The number of hydrazone groups is 1. The minimum Gasteiger partial charge on any atom is -0.467 e. The standard InChI is InChI=1S/C25H22ClN3O6/c1-28(25(32)33-2)20-7-4-3-6-18(20)24(31)35-15-23(30)29-21(22-8-5-13-34-22)14-19(27-29)16-9-11-17(26)12-10-16/h3-13,21H,14-15H2,1-2H3. The molecule has 0 aliphatic carbocycles. The number of rotatable bonds is 6. The third-order valence-corrected chi connectivity index (χ3v) is 5.73. The summed E-state index contributed by atoms with van der Waals surface area (Å²) in [6.45, 7) is -0.552. The van der Waals surface area contributed by atoms with Gasteiger partial charge in [0.1, 0.15) is 11.8 Å². The van der Waals surface area contributed by atoms with Crippen molar-refractivity contribution in [3.63, 3.8) is 0 Å². The van der Waals surface area contributed by atoms with E-state index in [9.17, 15) is 14.4 Å². The molecule has 3 aromatic rings. The maximum Gasteiger partial charge on any atom is 0.413 e. The molecule has 2 aromatic carbocycles. The Hall–Kier alpha value is -4.11. The number of hydrogen-bond donors (Lipinski definition) is 0. The van der Waals surface area contributed by atoms with E-state index in [0.29, 0.717) is 22.9 Å². The summed E-state index contributed by atoms with van der Waals surface area (Å²) in [6, 6.07) is 16.5. The second kappa shape index (κ2) is 10.4. The van der Waals surface area contributed by atoms with Crippen molar-refractivity contribution in [3.8, 4) is 0 Å². The number of esters is 1. The van der Waals surface area contributed by atoms with Gasteiger partial charge >= 0.3 is 12.1 Å². The van der Waals surface area contributed by atoms with Crippen LogP contribution in [0.4, 0.5) is 10.5 Å². The van der Waals surface area contributed by atoms with E-state index in [0.717, 1.165) is 5.56 Å². The molecule has 0 spiro atoms. The molecule has 0 fully saturated rings. The molecule has 1 aromatic heterocycles. The number of amides is 2. The van der Waals surface area contributed by atoms with Crippen LogP contribution in [0.15, 0.2) is 76.4 Å². The molecule has 0 radical (unpaired) electrons. The summed E-state index contributed by atoms with van der Waals surface area (Å²) in [5.41, 5.74) is 1.89. The number of benzene rings is 2. The number of nitrogens with zero attached hydrogens (tertiary/aromatic N) is 3. The molecule has 2 amide bonds. The zero-order valence-electron chi connectivity index (χ0n) is 19.0. The van der Waals surface area contributed by atoms with E-state index in [4.69, 9.17) is 25.5 Å². The molecule has 0 bridgehead atoms. The predicted molar refractivity (Wildman–Crippen MR) is 128 cm³/mol. The fourth-order valence-corrected chi connectivity index (χ4v) is 3.83. The summed E-state index contributed by atoms with van der Waals surface area (Å²) in [5, 5.41) is 6.35. The van der Waals surface area contributed by atoms with E-state index >= 15 is 0 Å². The van der Waals surface area contributed by atoms with E-state index < -0.39 is 30.6 Å². The molecule has 1 unspecified atom stereocenters. The molecule has 0 saturated heterocycles. The van der Waals surface area contributed by atoms with Crippen LogP contribution in [-0.2, 0) is 14.3 Å². The molecular weight excluding hydrogens is 474 g/mol. The first-order valence-electron chi connectivity index (χ1n) is 10.7. The Morgan fingerprint density at radius 1 is 1.11 bits per heavy atom. The number of anilines is 1. The first-order valence-corrected chi connectivity index (χ1v) is 11.0. The lowest BCUT2D eigenvalue weighted by molar-refractivity contribution is -0.136. The molecule has 1 aliphatic rings. The van der Waals surface area contributed by atoms with Crippen molar-refractivity contribution in [2.24, 2.45) is 5.10 Å². The Morgan fingerprint density at radius 2 is 1.86 bits per heavy atom. The third-order valence-electron chi connectivity index (χ3n) is 5.48. The summed E-state index contributed by atoms with van der Waals surface area (Å²) >= 11 is 5.99. The molecule has 0 N–H and O–H groups in total. The fourth-order valence-electron chi connectivity index (χ4n) is 3.70. The van der Waals surface area contributed by atoms with Gasteiger partial charge in [-0.25, -0.2) is 14.6 Å². The number of carbonyl (C=O) groups is 3. The number of methoxy groups -OCH3 is 1. The van der Waals surface area contributed by atoms with Crippen LogP contribution in [0, 0.1) is 0 Å². The molecule has 1 atom stereocenters. The van der Waals surface area contributed by atoms with Gasteiger partial charge in [-0.15, -0.1) is 0 Å². The van der Waals surface area contributed by atoms with Gasteiger partial charge in [-0.2, -0.15) is 5.10 Å². The van der Waals surface area contributed by atoms with Crippen LogP contribution in [0.2, 0.25) is 5.02 Å². The van der Waals surface area contributed by atoms with Crippen molar-refractivity contribution in [2.45, 2.75) is 12.5 Å². The molecule has 9 nitrogen and oxygen atoms in total. The minimum atomic E-state index is -0.764. The second-order valence-electron chi connectivity index (χ2n) is 7.65. The minimum absolute atomic E-state index is 0.113. The second-order valence-corrected chi connectivity index (χ2v) is 8.09. The topological polar surface area (TPSA) is 102 Å². The molecule has 2 heterocycles. The van der Waals surface area contributed by atoms with Crippen molar-refractivity contribution in [1.29, 1.82) is 0 Å². The Bertz CT molecular complexity index is 1260. The summed E-state index contributed by atoms with van der Waals surface area (Å²) in [4.78, 5) is 39.0. The maximum absolute atomic E-state index is 13.1. The van der Waals surface area contributed by atoms with Crippen LogP contribution < -0.4 is 4.90 Å². The predicted octanol–water partition coefficient (Wildman–Crippen LogP) is 4.67. The number of furan rings is 1. The van der Waals surface area contributed by atoms with Gasteiger partial charge in [0.15, 0.2) is 6.61 Å². The molecule has 4 rings (SSSR count). The smallest absolute Gasteiger partial charge is 0.413 e. The zero-order valence-corrected chi connectivity index (χ0v) is 19.8. The largest absolute Gasteiger partial charge is 0.467 e. The summed E-state index contributed by atoms with van der Waals surface area (Å²) in [5.74, 6) is -0.731. The van der Waals surface area contributed by atoms with E-state index in [-0.39, 0.29) is 11.3 Å². The highest BCUT2D eigenvalue weighted by atomic mass is 35.5. The molecular formula is C25H22ClN3O6. The van der Waals surface area contributed by atoms with Gasteiger partial charge in [0.25, 0.3) is 5.91 Å². The summed E-state index contributed by atoms with van der Waals surface area (Å²) < 4.78 is 15.5. The van der Waals surface area contributed by atoms with Gasteiger partial charge < -0.3 is 13.9 Å². The zero-order chi connectivity index (χ0) is 24.9. The highest BCUT2D eigenvalue weighted by Crippen LogP contribution is 2.33. The number of halogens is 1. The van der Waals surface area contributed by atoms with Crippen LogP contribution in [0.5, 0.6) is 0 Å². The average Bonchev–Trinajstić information content (AvgIpc) is 3.57. The van der Waals surface area contributed by atoms with Gasteiger partial charge in [-0.3, -0.25) is 9.69 Å². The number of carbonyl (C=O) groups excluding carboxylic acids is 3. The van der Waals surface area contributed by atoms with Crippen LogP contribution in [-0.4, -0.2) is 49.5 Å². The molecule has 10 heteroatoms.